The summed E-state index contributed by atoms with van der Waals surface area (Å²) in [6.45, 7) is 0. The van der Waals surface area contributed by atoms with Gasteiger partial charge in [0.1, 0.15) is 0 Å². The van der Waals surface area contributed by atoms with E-state index in [4.69, 9.17) is 15.2 Å². The Hall–Kier alpha value is 0.256. The predicted octanol–water partition coefficient (Wildman–Crippen LogP) is -1.43. The maximum absolute atomic E-state index is 8.83. The third-order valence-electron chi connectivity index (χ3n) is 0.0713. The summed E-state index contributed by atoms with van der Waals surface area (Å²) < 4.78 is 0. The molecular formula is CHAlNiO4+4. The summed E-state index contributed by atoms with van der Waals surface area (Å²) in [6, 6.07) is 0. The molecular weight excluding hydrogens is 162 g/mol. The van der Waals surface area contributed by atoms with Crippen molar-refractivity contribution in [3.05, 3.63) is 0 Å². The average molecular weight is 163 g/mol. The summed E-state index contributed by atoms with van der Waals surface area (Å²) in [5.74, 6) is 0. The van der Waals surface area contributed by atoms with E-state index in [9.17, 15) is 0 Å². The second kappa shape index (κ2) is 9.54. The number of carboxylic acid groups (broad SMARTS) is 1. The molecule has 0 saturated heterocycles. The smallest absolute Gasteiger partial charge is 0.659 e. The third kappa shape index (κ3) is 22.3. The summed E-state index contributed by atoms with van der Waals surface area (Å²) in [7, 11) is 0. The van der Waals surface area contributed by atoms with Crippen LogP contribution in [0.2, 0.25) is 0 Å². The van der Waals surface area contributed by atoms with Gasteiger partial charge in [-0.2, -0.15) is 0 Å². The fourth-order valence-electron chi connectivity index (χ4n) is 0. The molecule has 0 unspecified atom stereocenters. The molecule has 0 fully saturated rings. The SMILES string of the molecule is O=C(O)O[O-].[Al+3].[Ni+2]. The molecule has 1 N–H and O–H groups in total. The van der Waals surface area contributed by atoms with Crippen LogP contribution in [0.3, 0.4) is 0 Å². The summed E-state index contributed by atoms with van der Waals surface area (Å²) in [5.41, 5.74) is 0. The van der Waals surface area contributed by atoms with Crippen LogP contribution in [0.1, 0.15) is 0 Å². The molecule has 0 aliphatic heterocycles. The van der Waals surface area contributed by atoms with Crippen LogP contribution >= 0.6 is 0 Å². The average Bonchev–Trinajstić information content (AvgIpc) is 1.38. The zero-order chi connectivity index (χ0) is 4.28. The molecule has 0 aliphatic rings. The number of hydrogen-bond acceptors (Lipinski definition) is 3. The Labute approximate surface area is 60.5 Å². The molecule has 0 saturated carbocycles. The van der Waals surface area contributed by atoms with Crippen molar-refractivity contribution < 1.29 is 36.5 Å². The number of hydrogen-bond donors (Lipinski definition) is 1. The van der Waals surface area contributed by atoms with Crippen LogP contribution in [0.15, 0.2) is 0 Å². The van der Waals surface area contributed by atoms with Gasteiger partial charge in [-0.25, -0.2) is 4.79 Å². The van der Waals surface area contributed by atoms with Gasteiger partial charge < -0.3 is 15.3 Å². The van der Waals surface area contributed by atoms with Crippen LogP contribution in [0, 0.1) is 0 Å². The fourth-order valence-corrected chi connectivity index (χ4v) is 0. The monoisotopic (exact) mass is 162 g/mol. The molecule has 0 amide bonds. The molecule has 0 aromatic heterocycles. The molecule has 0 bridgehead atoms. The molecule has 0 atom stereocenters. The first-order valence-electron chi connectivity index (χ1n) is 0.799. The molecule has 0 aromatic carbocycles. The first kappa shape index (κ1) is 15.7. The van der Waals surface area contributed by atoms with Crippen molar-refractivity contribution in [1.29, 1.82) is 0 Å². The van der Waals surface area contributed by atoms with E-state index < -0.39 is 6.16 Å². The van der Waals surface area contributed by atoms with Crippen molar-refractivity contribution in [3.8, 4) is 0 Å². The van der Waals surface area contributed by atoms with Crippen LogP contribution in [0.25, 0.3) is 0 Å². The molecule has 0 aliphatic carbocycles. The topological polar surface area (TPSA) is 69.6 Å². The van der Waals surface area contributed by atoms with Crippen molar-refractivity contribution in [2.45, 2.75) is 0 Å². The first-order valence-corrected chi connectivity index (χ1v) is 0.799. The fraction of sp³-hybridized carbons (Fsp3) is 0. The Balaban J connectivity index is -0.0000000800. The van der Waals surface area contributed by atoms with E-state index in [2.05, 4.69) is 4.89 Å². The van der Waals surface area contributed by atoms with E-state index in [0.29, 0.717) is 0 Å². The second-order valence-electron chi connectivity index (χ2n) is 0.349. The number of carbonyl (C=O) groups is 1. The second-order valence-corrected chi connectivity index (χ2v) is 0.349. The molecule has 0 rings (SSSR count). The van der Waals surface area contributed by atoms with Crippen molar-refractivity contribution in [2.24, 2.45) is 0 Å². The Morgan fingerprint density at radius 2 is 1.86 bits per heavy atom. The van der Waals surface area contributed by atoms with E-state index in [1.54, 1.807) is 0 Å². The molecule has 0 radical (unpaired) electrons. The van der Waals surface area contributed by atoms with Crippen molar-refractivity contribution in [1.82, 2.24) is 0 Å². The quantitative estimate of drug-likeness (QED) is 0.270. The maximum Gasteiger partial charge on any atom is 3.00 e. The molecule has 38 valence electrons. The van der Waals surface area contributed by atoms with Gasteiger partial charge in [0, 0.05) is 0 Å². The van der Waals surface area contributed by atoms with Crippen molar-refractivity contribution >= 4 is 23.5 Å². The molecule has 0 heterocycles. The summed E-state index contributed by atoms with van der Waals surface area (Å²) in [5, 5.41) is 15.7. The van der Waals surface area contributed by atoms with E-state index in [1.807, 2.05) is 0 Å². The van der Waals surface area contributed by atoms with Gasteiger partial charge in [-0.1, -0.05) is 0 Å². The van der Waals surface area contributed by atoms with Gasteiger partial charge in [-0.15, -0.1) is 0 Å². The van der Waals surface area contributed by atoms with Crippen molar-refractivity contribution in [2.75, 3.05) is 0 Å². The van der Waals surface area contributed by atoms with Gasteiger partial charge in [-0.3, -0.25) is 0 Å². The zero-order valence-electron chi connectivity index (χ0n) is 3.07. The van der Waals surface area contributed by atoms with Crippen LogP contribution in [0.5, 0.6) is 0 Å². The van der Waals surface area contributed by atoms with Crippen LogP contribution in [-0.4, -0.2) is 28.6 Å². The van der Waals surface area contributed by atoms with Gasteiger partial charge in [0.05, 0.1) is 0 Å². The van der Waals surface area contributed by atoms with Gasteiger partial charge >= 0.3 is 40.0 Å². The van der Waals surface area contributed by atoms with Gasteiger partial charge in [-0.05, 0) is 0 Å². The molecule has 0 aromatic rings. The minimum Gasteiger partial charge on any atom is -0.659 e. The van der Waals surface area contributed by atoms with Gasteiger partial charge in [0.15, 0.2) is 0 Å². The minimum absolute atomic E-state index is 0. The molecule has 6 heteroatoms. The summed E-state index contributed by atoms with van der Waals surface area (Å²) in [6.07, 6.45) is -1.80. The Morgan fingerprint density at radius 3 is 1.86 bits per heavy atom. The maximum atomic E-state index is 8.83. The van der Waals surface area contributed by atoms with Crippen molar-refractivity contribution in [3.63, 3.8) is 0 Å². The zero-order valence-corrected chi connectivity index (χ0v) is 5.21. The van der Waals surface area contributed by atoms with E-state index in [-0.39, 0.29) is 33.9 Å². The first-order chi connectivity index (χ1) is 2.27. The predicted molar refractivity (Wildman–Crippen MR) is 14.9 cm³/mol. The normalized spacial score (nSPS) is 4.71. The summed E-state index contributed by atoms with van der Waals surface area (Å²) in [4.78, 5) is 11.2. The van der Waals surface area contributed by atoms with Crippen LogP contribution in [0.4, 0.5) is 4.79 Å². The minimum atomic E-state index is -1.80. The Bertz CT molecular complexity index is 47.0. The number of rotatable bonds is 0. The standard InChI is InChI=1S/CH2O4.Al.Ni/c2-1(3)5-4;;/h4H,(H,2,3);;/q;+3;+2/p-1. The Morgan fingerprint density at radius 1 is 1.71 bits per heavy atom. The van der Waals surface area contributed by atoms with E-state index in [1.165, 1.54) is 0 Å². The van der Waals surface area contributed by atoms with E-state index >= 15 is 0 Å². The van der Waals surface area contributed by atoms with Gasteiger partial charge in [0.25, 0.3) is 0 Å². The Kier molecular flexibility index (Phi) is 21.4. The van der Waals surface area contributed by atoms with Gasteiger partial charge in [0.2, 0.25) is 0 Å². The molecule has 0 spiro atoms. The van der Waals surface area contributed by atoms with Crippen LogP contribution in [-0.2, 0) is 21.4 Å². The summed E-state index contributed by atoms with van der Waals surface area (Å²) >= 11 is 0. The van der Waals surface area contributed by atoms with E-state index in [0.717, 1.165) is 0 Å². The third-order valence-corrected chi connectivity index (χ3v) is 0.0713. The largest absolute Gasteiger partial charge is 3.00 e. The molecule has 7 heavy (non-hydrogen) atoms. The van der Waals surface area contributed by atoms with Crippen LogP contribution < -0.4 is 5.26 Å². The molecule has 4 nitrogen and oxygen atoms in total.